The van der Waals surface area contributed by atoms with Gasteiger partial charge in [-0.25, -0.2) is 0 Å². The van der Waals surface area contributed by atoms with Crippen LogP contribution in [0.15, 0.2) is 23.5 Å². The van der Waals surface area contributed by atoms with Gasteiger partial charge in [0.05, 0.1) is 5.69 Å². The van der Waals surface area contributed by atoms with Crippen molar-refractivity contribution in [3.05, 3.63) is 24.0 Å². The van der Waals surface area contributed by atoms with Crippen molar-refractivity contribution in [2.24, 2.45) is 10.9 Å². The lowest BCUT2D eigenvalue weighted by Gasteiger charge is -2.27. The van der Waals surface area contributed by atoms with Gasteiger partial charge in [-0.3, -0.25) is 4.98 Å². The molecule has 1 atom stereocenters. The van der Waals surface area contributed by atoms with Crippen molar-refractivity contribution in [3.8, 4) is 0 Å². The zero-order valence-electron chi connectivity index (χ0n) is 9.71. The van der Waals surface area contributed by atoms with E-state index in [2.05, 4.69) is 15.0 Å². The molecule has 6 heteroatoms. The zero-order valence-corrected chi connectivity index (χ0v) is 10.5. The van der Waals surface area contributed by atoms with Gasteiger partial charge in [-0.1, -0.05) is 5.16 Å². The molecule has 1 saturated heterocycles. The molecule has 1 aliphatic heterocycles. The van der Waals surface area contributed by atoms with Crippen molar-refractivity contribution in [3.63, 3.8) is 0 Å². The van der Waals surface area contributed by atoms with Crippen LogP contribution in [0.2, 0.25) is 0 Å². The molecular formula is C11H16N4OS. The van der Waals surface area contributed by atoms with E-state index in [1.165, 1.54) is 5.75 Å². The summed E-state index contributed by atoms with van der Waals surface area (Å²) in [5.74, 6) is 2.35. The van der Waals surface area contributed by atoms with Crippen molar-refractivity contribution in [1.82, 2.24) is 4.98 Å². The van der Waals surface area contributed by atoms with Crippen molar-refractivity contribution < 1.29 is 5.21 Å². The summed E-state index contributed by atoms with van der Waals surface area (Å²) >= 11 is 1.95. The molecule has 2 rings (SSSR count). The predicted octanol–water partition coefficient (Wildman–Crippen LogP) is 1.12. The van der Waals surface area contributed by atoms with Crippen LogP contribution in [0.1, 0.15) is 12.1 Å². The van der Waals surface area contributed by atoms with Crippen molar-refractivity contribution >= 4 is 23.3 Å². The van der Waals surface area contributed by atoms with E-state index in [0.717, 1.165) is 17.9 Å². The minimum atomic E-state index is 0.0538. The highest BCUT2D eigenvalue weighted by Gasteiger charge is 2.23. The summed E-state index contributed by atoms with van der Waals surface area (Å²) in [5.41, 5.74) is 7.09. The molecule has 0 amide bonds. The van der Waals surface area contributed by atoms with Gasteiger partial charge in [0.25, 0.3) is 0 Å². The zero-order chi connectivity index (χ0) is 12.3. The third-order valence-corrected chi connectivity index (χ3v) is 4.11. The van der Waals surface area contributed by atoms with Gasteiger partial charge in [0.2, 0.25) is 0 Å². The van der Waals surface area contributed by atoms with Crippen LogP contribution in [0.4, 0.5) is 5.69 Å². The fourth-order valence-corrected chi connectivity index (χ4v) is 3.22. The van der Waals surface area contributed by atoms with E-state index in [4.69, 9.17) is 10.9 Å². The summed E-state index contributed by atoms with van der Waals surface area (Å²) in [7, 11) is 2.03. The summed E-state index contributed by atoms with van der Waals surface area (Å²) in [5, 5.41) is 11.8. The molecule has 2 heterocycles. The molecule has 92 valence electrons. The molecule has 0 aromatic carbocycles. The molecule has 3 N–H and O–H groups in total. The maximum Gasteiger partial charge on any atom is 0.190 e. The molecule has 1 unspecified atom stereocenters. The fourth-order valence-electron chi connectivity index (χ4n) is 1.95. The second-order valence-electron chi connectivity index (χ2n) is 3.98. The minimum Gasteiger partial charge on any atom is -0.409 e. The number of aromatic nitrogens is 1. The first-order valence-corrected chi connectivity index (χ1v) is 6.63. The molecule has 17 heavy (non-hydrogen) atoms. The summed E-state index contributed by atoms with van der Waals surface area (Å²) in [6.07, 6.45) is 2.81. The average Bonchev–Trinajstić information content (AvgIpc) is 2.91. The van der Waals surface area contributed by atoms with E-state index in [0.29, 0.717) is 11.7 Å². The Balaban J connectivity index is 2.30. The number of oxime groups is 1. The van der Waals surface area contributed by atoms with E-state index >= 15 is 0 Å². The van der Waals surface area contributed by atoms with Gasteiger partial charge in [0.15, 0.2) is 5.84 Å². The van der Waals surface area contributed by atoms with Crippen LogP contribution < -0.4 is 10.6 Å². The Morgan fingerprint density at radius 2 is 2.53 bits per heavy atom. The normalized spacial score (nSPS) is 20.5. The molecule has 0 aliphatic carbocycles. The van der Waals surface area contributed by atoms with Crippen molar-refractivity contribution in [2.45, 2.75) is 12.5 Å². The third kappa shape index (κ3) is 2.46. The van der Waals surface area contributed by atoms with E-state index in [-0.39, 0.29) is 5.84 Å². The lowest BCUT2D eigenvalue weighted by molar-refractivity contribution is 0.318. The van der Waals surface area contributed by atoms with Crippen molar-refractivity contribution in [2.75, 3.05) is 23.5 Å². The topological polar surface area (TPSA) is 74.7 Å². The Morgan fingerprint density at radius 3 is 3.18 bits per heavy atom. The Morgan fingerprint density at radius 1 is 1.71 bits per heavy atom. The summed E-state index contributed by atoms with van der Waals surface area (Å²) < 4.78 is 0. The second-order valence-corrected chi connectivity index (χ2v) is 5.13. The van der Waals surface area contributed by atoms with Crippen LogP contribution in [-0.2, 0) is 0 Å². The molecule has 1 aromatic rings. The highest BCUT2D eigenvalue weighted by atomic mass is 32.2. The van der Waals surface area contributed by atoms with Crippen molar-refractivity contribution in [1.29, 1.82) is 0 Å². The molecule has 0 spiro atoms. The number of nitrogens with zero attached hydrogens (tertiary/aromatic N) is 3. The third-order valence-electron chi connectivity index (χ3n) is 2.97. The largest absolute Gasteiger partial charge is 0.409 e. The Kier molecular flexibility index (Phi) is 3.73. The van der Waals surface area contributed by atoms with E-state index in [1.807, 2.05) is 30.9 Å². The van der Waals surface area contributed by atoms with Gasteiger partial charge in [-0.15, -0.1) is 0 Å². The van der Waals surface area contributed by atoms with E-state index in [1.54, 1.807) is 6.20 Å². The highest BCUT2D eigenvalue weighted by Crippen LogP contribution is 2.27. The number of hydrogen-bond acceptors (Lipinski definition) is 5. The number of thioether (sulfide) groups is 1. The molecule has 1 aromatic heterocycles. The number of nitrogens with two attached hydrogens (primary N) is 1. The molecule has 0 radical (unpaired) electrons. The Labute approximate surface area is 105 Å². The van der Waals surface area contributed by atoms with Gasteiger partial charge in [0.1, 0.15) is 5.69 Å². The number of hydrogen-bond donors (Lipinski definition) is 2. The Bertz CT molecular complexity index is 418. The standard InChI is InChI=1S/C11H16N4OS/c1-15(8-4-6-17-7-8)9-3-2-5-13-10(9)11(12)14-16/h2-3,5,8,16H,4,6-7H2,1H3,(H2,12,14). The fraction of sp³-hybridized carbons (Fsp3) is 0.455. The maximum absolute atomic E-state index is 8.76. The summed E-state index contributed by atoms with van der Waals surface area (Å²) in [4.78, 5) is 6.34. The number of amidine groups is 1. The highest BCUT2D eigenvalue weighted by molar-refractivity contribution is 7.99. The molecule has 0 saturated carbocycles. The van der Waals surface area contributed by atoms with Crippen LogP contribution in [-0.4, -0.2) is 40.6 Å². The lowest BCUT2D eigenvalue weighted by Crippen LogP contribution is -2.33. The van der Waals surface area contributed by atoms with Crippen LogP contribution in [0.3, 0.4) is 0 Å². The van der Waals surface area contributed by atoms with E-state index in [9.17, 15) is 0 Å². The SMILES string of the molecule is CN(c1cccnc1/C(N)=N/O)C1CCSC1. The first-order chi connectivity index (χ1) is 8.24. The van der Waals surface area contributed by atoms with Gasteiger partial charge in [-0.05, 0) is 24.3 Å². The van der Waals surface area contributed by atoms with Gasteiger partial charge >= 0.3 is 0 Å². The van der Waals surface area contributed by atoms with E-state index < -0.39 is 0 Å². The minimum absolute atomic E-state index is 0.0538. The first kappa shape index (κ1) is 12.0. The monoisotopic (exact) mass is 252 g/mol. The average molecular weight is 252 g/mol. The maximum atomic E-state index is 8.76. The van der Waals surface area contributed by atoms with Gasteiger partial charge in [-0.2, -0.15) is 11.8 Å². The molecule has 0 bridgehead atoms. The van der Waals surface area contributed by atoms with Crippen LogP contribution in [0.25, 0.3) is 0 Å². The molecular weight excluding hydrogens is 236 g/mol. The van der Waals surface area contributed by atoms with Gasteiger partial charge < -0.3 is 15.8 Å². The second kappa shape index (κ2) is 5.27. The lowest BCUT2D eigenvalue weighted by atomic mass is 10.2. The summed E-state index contributed by atoms with van der Waals surface area (Å²) in [6, 6.07) is 4.31. The Hall–Kier alpha value is -1.43. The molecule has 1 aliphatic rings. The van der Waals surface area contributed by atoms with Crippen LogP contribution in [0.5, 0.6) is 0 Å². The molecule has 1 fully saturated rings. The first-order valence-electron chi connectivity index (χ1n) is 5.47. The summed E-state index contributed by atoms with van der Waals surface area (Å²) in [6.45, 7) is 0. The predicted molar refractivity (Wildman–Crippen MR) is 70.9 cm³/mol. The number of rotatable bonds is 3. The number of pyridine rings is 1. The number of anilines is 1. The quantitative estimate of drug-likeness (QED) is 0.365. The molecule has 5 nitrogen and oxygen atoms in total. The van der Waals surface area contributed by atoms with Crippen LogP contribution in [0, 0.1) is 0 Å². The van der Waals surface area contributed by atoms with Gasteiger partial charge in [0, 0.05) is 25.0 Å². The smallest absolute Gasteiger partial charge is 0.190 e. The van der Waals surface area contributed by atoms with Crippen LogP contribution >= 0.6 is 11.8 Å².